The van der Waals surface area contributed by atoms with Crippen molar-refractivity contribution >= 4 is 22.0 Å². The second-order valence-electron chi connectivity index (χ2n) is 8.00. The number of sulfonamides is 1. The van der Waals surface area contributed by atoms with Crippen LogP contribution in [0.25, 0.3) is 0 Å². The normalized spacial score (nSPS) is 28.5. The van der Waals surface area contributed by atoms with Crippen molar-refractivity contribution in [2.24, 2.45) is 0 Å². The van der Waals surface area contributed by atoms with E-state index in [0.29, 0.717) is 25.5 Å². The van der Waals surface area contributed by atoms with Gasteiger partial charge in [0.2, 0.25) is 10.0 Å². The molecule has 3 N–H and O–H groups in total. The van der Waals surface area contributed by atoms with Crippen LogP contribution in [-0.4, -0.2) is 77.4 Å². The summed E-state index contributed by atoms with van der Waals surface area (Å²) in [5, 5.41) is 19.0. The van der Waals surface area contributed by atoms with Gasteiger partial charge in [0.15, 0.2) is 17.9 Å². The third-order valence-corrected chi connectivity index (χ3v) is 7.90. The van der Waals surface area contributed by atoms with Crippen LogP contribution in [0.5, 0.6) is 5.75 Å². The van der Waals surface area contributed by atoms with E-state index in [1.54, 1.807) is 0 Å². The number of hydrogen-bond acceptors (Lipinski definition) is 7. The van der Waals surface area contributed by atoms with Gasteiger partial charge in [-0.1, -0.05) is 0 Å². The minimum Gasteiger partial charge on any atom is -0.505 e. The fourth-order valence-electron chi connectivity index (χ4n) is 4.54. The number of carbonyl (C=O) groups is 2. The second kappa shape index (κ2) is 8.81. The molecule has 2 unspecified atom stereocenters. The molecule has 2 bridgehead atoms. The lowest BCUT2D eigenvalue weighted by Crippen LogP contribution is -2.66. The van der Waals surface area contributed by atoms with Crippen molar-refractivity contribution < 1.29 is 42.2 Å². The number of phenolic OH excluding ortho intramolecular Hbond substituents is 1. The third-order valence-electron chi connectivity index (χ3n) is 6.06. The average molecular weight is 473 g/mol. The van der Waals surface area contributed by atoms with Crippen LogP contribution in [0.1, 0.15) is 32.1 Å². The van der Waals surface area contributed by atoms with Crippen LogP contribution in [0, 0.1) is 5.82 Å². The molecule has 4 atom stereocenters. The van der Waals surface area contributed by atoms with Gasteiger partial charge in [-0.2, -0.15) is 4.31 Å². The van der Waals surface area contributed by atoms with Crippen LogP contribution in [0.2, 0.25) is 0 Å². The number of hydroxylamine groups is 1. The Hall–Kier alpha value is -2.48. The van der Waals surface area contributed by atoms with Gasteiger partial charge in [-0.05, 0) is 43.9 Å². The molecule has 1 aromatic carbocycles. The molecule has 3 saturated heterocycles. The Bertz CT molecular complexity index is 1000. The maximum atomic E-state index is 13.9. The SMILES string of the molecule is O=C(NOC1CCCCO1)[C@H]1C2CC[C@H](CN1S(=O)(=O)c1ccc(O)c(F)c1)N2C(=O)O. The molecule has 176 valence electrons. The molecular formula is C19H24FN3O8S. The number of nitrogens with zero attached hydrogens (tertiary/aromatic N) is 2. The molecule has 0 aromatic heterocycles. The van der Waals surface area contributed by atoms with Crippen molar-refractivity contribution in [1.29, 1.82) is 0 Å². The summed E-state index contributed by atoms with van der Waals surface area (Å²) in [6.45, 7) is 0.194. The number of aromatic hydroxyl groups is 1. The van der Waals surface area contributed by atoms with E-state index in [4.69, 9.17) is 9.57 Å². The van der Waals surface area contributed by atoms with E-state index < -0.39 is 62.9 Å². The van der Waals surface area contributed by atoms with Crippen molar-refractivity contribution in [3.63, 3.8) is 0 Å². The molecule has 11 nitrogen and oxygen atoms in total. The second-order valence-corrected chi connectivity index (χ2v) is 9.89. The Labute approximate surface area is 183 Å². The first-order chi connectivity index (χ1) is 15.2. The van der Waals surface area contributed by atoms with Gasteiger partial charge in [-0.15, -0.1) is 0 Å². The van der Waals surface area contributed by atoms with Crippen molar-refractivity contribution in [2.75, 3.05) is 13.2 Å². The number of carbonyl (C=O) groups excluding carboxylic acids is 1. The van der Waals surface area contributed by atoms with E-state index in [1.807, 2.05) is 0 Å². The van der Waals surface area contributed by atoms with Gasteiger partial charge < -0.3 is 14.9 Å². The molecule has 3 aliphatic rings. The standard InChI is InChI=1S/C19H24FN3O8S/c20-13-9-12(5-7-15(13)24)32(28,29)22-10-11-4-6-14(23(11)19(26)27)17(22)18(25)21-31-16-3-1-2-8-30-16/h5,7,9,11,14,16-17,24H,1-4,6,8,10H2,(H,21,25)(H,26,27)/t11-,14?,16?,17-/m1/s1. The maximum Gasteiger partial charge on any atom is 0.407 e. The molecule has 1 aromatic rings. The lowest BCUT2D eigenvalue weighted by molar-refractivity contribution is -0.203. The number of ether oxygens (including phenoxy) is 1. The quantitative estimate of drug-likeness (QED) is 0.537. The van der Waals surface area contributed by atoms with E-state index >= 15 is 0 Å². The predicted octanol–water partition coefficient (Wildman–Crippen LogP) is 0.990. The first kappa shape index (κ1) is 22.7. The number of nitrogens with one attached hydrogen (secondary N) is 1. The number of hydrogen-bond donors (Lipinski definition) is 3. The van der Waals surface area contributed by atoms with Crippen molar-refractivity contribution in [2.45, 2.75) is 61.4 Å². The number of amides is 2. The van der Waals surface area contributed by atoms with Crippen LogP contribution >= 0.6 is 0 Å². The molecule has 0 spiro atoms. The molecule has 3 aliphatic heterocycles. The predicted molar refractivity (Wildman–Crippen MR) is 105 cm³/mol. The molecule has 32 heavy (non-hydrogen) atoms. The number of benzene rings is 1. The Morgan fingerprint density at radius 3 is 2.66 bits per heavy atom. The third kappa shape index (κ3) is 4.12. The molecule has 0 aliphatic carbocycles. The molecule has 3 heterocycles. The lowest BCUT2D eigenvalue weighted by Gasteiger charge is -2.43. The van der Waals surface area contributed by atoms with Gasteiger partial charge in [-0.3, -0.25) is 9.69 Å². The highest BCUT2D eigenvalue weighted by molar-refractivity contribution is 7.89. The smallest absolute Gasteiger partial charge is 0.407 e. The zero-order valence-electron chi connectivity index (χ0n) is 17.0. The van der Waals surface area contributed by atoms with E-state index in [1.165, 1.54) is 0 Å². The number of piperazine rings is 1. The summed E-state index contributed by atoms with van der Waals surface area (Å²) in [4.78, 5) is 30.8. The van der Waals surface area contributed by atoms with Crippen molar-refractivity contribution in [3.8, 4) is 5.75 Å². The zero-order valence-corrected chi connectivity index (χ0v) is 17.8. The van der Waals surface area contributed by atoms with Gasteiger partial charge in [0, 0.05) is 25.6 Å². The minimum absolute atomic E-state index is 0.272. The summed E-state index contributed by atoms with van der Waals surface area (Å²) in [7, 11) is -4.40. The molecule has 4 rings (SSSR count). The lowest BCUT2D eigenvalue weighted by atomic mass is 10.1. The minimum atomic E-state index is -4.40. The molecule has 3 fully saturated rings. The number of carboxylic acid groups (broad SMARTS) is 1. The highest BCUT2D eigenvalue weighted by atomic mass is 32.2. The first-order valence-corrected chi connectivity index (χ1v) is 11.7. The Morgan fingerprint density at radius 1 is 1.22 bits per heavy atom. The van der Waals surface area contributed by atoms with Gasteiger partial charge >= 0.3 is 6.09 Å². The summed E-state index contributed by atoms with van der Waals surface area (Å²) < 4.78 is 46.8. The van der Waals surface area contributed by atoms with E-state index in [9.17, 15) is 32.6 Å². The summed E-state index contributed by atoms with van der Waals surface area (Å²) >= 11 is 0. The van der Waals surface area contributed by atoms with Crippen LogP contribution in [0.4, 0.5) is 9.18 Å². The summed E-state index contributed by atoms with van der Waals surface area (Å²) in [6.07, 6.45) is 0.983. The van der Waals surface area contributed by atoms with Crippen LogP contribution in [0.15, 0.2) is 23.1 Å². The highest BCUT2D eigenvalue weighted by Crippen LogP contribution is 2.37. The largest absolute Gasteiger partial charge is 0.505 e. The van der Waals surface area contributed by atoms with E-state index in [-0.39, 0.29) is 13.0 Å². The summed E-state index contributed by atoms with van der Waals surface area (Å²) in [5.74, 6) is -2.68. The van der Waals surface area contributed by atoms with Crippen LogP contribution in [0.3, 0.4) is 0 Å². The summed E-state index contributed by atoms with van der Waals surface area (Å²) in [6, 6.07) is -0.393. The van der Waals surface area contributed by atoms with E-state index in [0.717, 1.165) is 34.2 Å². The zero-order chi connectivity index (χ0) is 23.0. The molecular weight excluding hydrogens is 449 g/mol. The van der Waals surface area contributed by atoms with Crippen LogP contribution < -0.4 is 5.48 Å². The fraction of sp³-hybridized carbons (Fsp3) is 0.579. The van der Waals surface area contributed by atoms with Crippen LogP contribution in [-0.2, 0) is 24.4 Å². The molecule has 0 saturated carbocycles. The van der Waals surface area contributed by atoms with Crippen molar-refractivity contribution in [3.05, 3.63) is 24.0 Å². The van der Waals surface area contributed by atoms with Gasteiger partial charge in [0.05, 0.1) is 10.9 Å². The maximum absolute atomic E-state index is 13.9. The number of halogens is 1. The number of rotatable bonds is 5. The highest BCUT2D eigenvalue weighted by Gasteiger charge is 2.55. The number of fused-ring (bicyclic) bond motifs is 2. The molecule has 13 heteroatoms. The Balaban J connectivity index is 1.63. The monoisotopic (exact) mass is 473 g/mol. The number of phenols is 1. The first-order valence-electron chi connectivity index (χ1n) is 10.3. The van der Waals surface area contributed by atoms with Gasteiger partial charge in [0.1, 0.15) is 6.04 Å². The van der Waals surface area contributed by atoms with Gasteiger partial charge in [0.25, 0.3) is 5.91 Å². The average Bonchev–Trinajstić information content (AvgIpc) is 3.08. The van der Waals surface area contributed by atoms with E-state index in [2.05, 4.69) is 5.48 Å². The summed E-state index contributed by atoms with van der Waals surface area (Å²) in [5.41, 5.74) is 2.23. The Morgan fingerprint density at radius 2 is 2.00 bits per heavy atom. The molecule has 2 amide bonds. The molecule has 0 radical (unpaired) electrons. The fourth-order valence-corrected chi connectivity index (χ4v) is 6.20. The van der Waals surface area contributed by atoms with Gasteiger partial charge in [-0.25, -0.2) is 27.9 Å². The topological polar surface area (TPSA) is 146 Å². The van der Waals surface area contributed by atoms with Crippen molar-refractivity contribution in [1.82, 2.24) is 14.7 Å². The Kier molecular flexibility index (Phi) is 6.25.